The number of halogens is 1. The molecule has 0 unspecified atom stereocenters. The third-order valence-electron chi connectivity index (χ3n) is 1.30. The van der Waals surface area contributed by atoms with E-state index in [-0.39, 0.29) is 12.2 Å². The molecule has 60 valence electrons. The molecular formula is C7H7ClO3. The van der Waals surface area contributed by atoms with Gasteiger partial charge in [0.25, 0.3) is 0 Å². The first-order chi connectivity index (χ1) is 5.09. The van der Waals surface area contributed by atoms with Crippen molar-refractivity contribution in [2.45, 2.75) is 19.4 Å². The van der Waals surface area contributed by atoms with Crippen molar-refractivity contribution in [1.29, 1.82) is 0 Å². The number of carbonyl (C=O) groups is 2. The van der Waals surface area contributed by atoms with Crippen LogP contribution in [-0.2, 0) is 14.3 Å². The molecule has 4 heteroatoms. The van der Waals surface area contributed by atoms with E-state index in [4.69, 9.17) is 16.3 Å². The van der Waals surface area contributed by atoms with E-state index in [0.29, 0.717) is 5.03 Å². The summed E-state index contributed by atoms with van der Waals surface area (Å²) >= 11 is 5.58. The van der Waals surface area contributed by atoms with Crippen LogP contribution in [0.1, 0.15) is 13.3 Å². The number of hydrogen-bond donors (Lipinski definition) is 0. The Balaban J connectivity index is 2.57. The Bertz CT molecular complexity index is 232. The van der Waals surface area contributed by atoms with Gasteiger partial charge >= 0.3 is 5.97 Å². The minimum absolute atomic E-state index is 0.0961. The molecule has 1 aliphatic carbocycles. The van der Waals surface area contributed by atoms with Gasteiger partial charge in [0, 0.05) is 6.92 Å². The normalized spacial score (nSPS) is 23.3. The lowest BCUT2D eigenvalue weighted by molar-refractivity contribution is -0.144. The summed E-state index contributed by atoms with van der Waals surface area (Å²) in [6.45, 7) is 1.28. The Kier molecular flexibility index (Phi) is 2.29. The highest BCUT2D eigenvalue weighted by atomic mass is 35.5. The zero-order valence-corrected chi connectivity index (χ0v) is 6.72. The Morgan fingerprint density at radius 3 is 2.82 bits per heavy atom. The number of ether oxygens (including phenoxy) is 1. The monoisotopic (exact) mass is 174 g/mol. The highest BCUT2D eigenvalue weighted by Gasteiger charge is 2.25. The molecule has 0 saturated carbocycles. The van der Waals surface area contributed by atoms with E-state index in [0.717, 1.165) is 0 Å². The van der Waals surface area contributed by atoms with Crippen molar-refractivity contribution >= 4 is 23.4 Å². The second-order valence-electron chi connectivity index (χ2n) is 2.30. The zero-order chi connectivity index (χ0) is 8.43. The van der Waals surface area contributed by atoms with Crippen molar-refractivity contribution < 1.29 is 14.3 Å². The first-order valence-corrected chi connectivity index (χ1v) is 3.54. The van der Waals surface area contributed by atoms with E-state index in [1.807, 2.05) is 0 Å². The average Bonchev–Trinajstić information content (AvgIpc) is 2.09. The molecule has 0 aliphatic heterocycles. The molecular weight excluding hydrogens is 168 g/mol. The number of carbonyl (C=O) groups excluding carboxylic acids is 2. The van der Waals surface area contributed by atoms with E-state index >= 15 is 0 Å². The molecule has 0 aromatic heterocycles. The summed E-state index contributed by atoms with van der Waals surface area (Å²) in [4.78, 5) is 21.1. The lowest BCUT2D eigenvalue weighted by atomic mass is 10.3. The second kappa shape index (κ2) is 3.05. The van der Waals surface area contributed by atoms with Crippen LogP contribution in [0.4, 0.5) is 0 Å². The largest absolute Gasteiger partial charge is 0.456 e. The van der Waals surface area contributed by atoms with Crippen LogP contribution in [0, 0.1) is 0 Å². The summed E-state index contributed by atoms with van der Waals surface area (Å²) < 4.78 is 4.73. The highest BCUT2D eigenvalue weighted by molar-refractivity contribution is 6.33. The number of allylic oxidation sites excluding steroid dienone is 1. The molecule has 1 rings (SSSR count). The maximum atomic E-state index is 10.7. The van der Waals surface area contributed by atoms with Gasteiger partial charge in [0.1, 0.15) is 6.10 Å². The smallest absolute Gasteiger partial charge is 0.303 e. The Hall–Kier alpha value is -0.830. The summed E-state index contributed by atoms with van der Waals surface area (Å²) in [5.41, 5.74) is 0. The summed E-state index contributed by atoms with van der Waals surface area (Å²) in [5, 5.41) is 0.310. The van der Waals surface area contributed by atoms with Crippen LogP contribution in [0.2, 0.25) is 0 Å². The summed E-state index contributed by atoms with van der Waals surface area (Å²) in [6, 6.07) is 0. The van der Waals surface area contributed by atoms with E-state index in [9.17, 15) is 9.59 Å². The summed E-state index contributed by atoms with van der Waals surface area (Å²) in [5.74, 6) is -0.516. The van der Waals surface area contributed by atoms with Crippen LogP contribution in [-0.4, -0.2) is 17.9 Å². The standard InChI is InChI=1S/C7H7ClO3/c1-4(9)11-7-3-5(10)2-6(7)8/h2,7H,3H2,1H3/t7-/m0/s1. The predicted molar refractivity (Wildman–Crippen MR) is 39.1 cm³/mol. The molecule has 0 saturated heterocycles. The Morgan fingerprint density at radius 2 is 2.45 bits per heavy atom. The average molecular weight is 175 g/mol. The van der Waals surface area contributed by atoms with Crippen molar-refractivity contribution in [2.24, 2.45) is 0 Å². The van der Waals surface area contributed by atoms with Crippen LogP contribution < -0.4 is 0 Å². The molecule has 0 aromatic rings. The fourth-order valence-electron chi connectivity index (χ4n) is 0.884. The van der Waals surface area contributed by atoms with Crippen molar-refractivity contribution in [3.8, 4) is 0 Å². The third kappa shape index (κ3) is 2.05. The van der Waals surface area contributed by atoms with Gasteiger partial charge in [0.2, 0.25) is 0 Å². The fraction of sp³-hybridized carbons (Fsp3) is 0.429. The SMILES string of the molecule is CC(=O)O[C@H]1CC(=O)C=C1Cl. The van der Waals surface area contributed by atoms with Crippen molar-refractivity contribution in [1.82, 2.24) is 0 Å². The van der Waals surface area contributed by atoms with Crippen molar-refractivity contribution in [3.05, 3.63) is 11.1 Å². The van der Waals surface area contributed by atoms with Crippen LogP contribution in [0.3, 0.4) is 0 Å². The first-order valence-electron chi connectivity index (χ1n) is 3.16. The maximum absolute atomic E-state index is 10.7. The zero-order valence-electron chi connectivity index (χ0n) is 5.96. The van der Waals surface area contributed by atoms with Crippen LogP contribution in [0.5, 0.6) is 0 Å². The second-order valence-corrected chi connectivity index (χ2v) is 2.73. The molecule has 0 fully saturated rings. The third-order valence-corrected chi connectivity index (χ3v) is 1.65. The van der Waals surface area contributed by atoms with Crippen molar-refractivity contribution in [3.63, 3.8) is 0 Å². The van der Waals surface area contributed by atoms with Gasteiger partial charge in [-0.15, -0.1) is 0 Å². The molecule has 0 aromatic carbocycles. The number of ketones is 1. The van der Waals surface area contributed by atoms with Crippen LogP contribution >= 0.6 is 11.6 Å². The molecule has 0 radical (unpaired) electrons. The van der Waals surface area contributed by atoms with Gasteiger partial charge < -0.3 is 4.74 Å². The van der Waals surface area contributed by atoms with Crippen molar-refractivity contribution in [2.75, 3.05) is 0 Å². The molecule has 0 N–H and O–H groups in total. The molecule has 0 bridgehead atoms. The molecule has 0 heterocycles. The first kappa shape index (κ1) is 8.27. The van der Waals surface area contributed by atoms with Gasteiger partial charge in [0.15, 0.2) is 5.78 Å². The summed E-state index contributed by atoms with van der Waals surface area (Å²) in [7, 11) is 0. The van der Waals surface area contributed by atoms with Crippen LogP contribution in [0.15, 0.2) is 11.1 Å². The molecule has 1 aliphatic rings. The topological polar surface area (TPSA) is 43.4 Å². The Morgan fingerprint density at radius 1 is 1.82 bits per heavy atom. The fourth-order valence-corrected chi connectivity index (χ4v) is 1.13. The summed E-state index contributed by atoms with van der Waals surface area (Å²) in [6.07, 6.45) is 0.926. The maximum Gasteiger partial charge on any atom is 0.303 e. The quantitative estimate of drug-likeness (QED) is 0.558. The van der Waals surface area contributed by atoms with E-state index in [2.05, 4.69) is 0 Å². The highest BCUT2D eigenvalue weighted by Crippen LogP contribution is 2.22. The van der Waals surface area contributed by atoms with Gasteiger partial charge in [-0.2, -0.15) is 0 Å². The van der Waals surface area contributed by atoms with Gasteiger partial charge in [-0.25, -0.2) is 0 Å². The lowest BCUT2D eigenvalue weighted by Gasteiger charge is -2.08. The molecule has 0 spiro atoms. The van der Waals surface area contributed by atoms with E-state index in [1.54, 1.807) is 0 Å². The van der Waals surface area contributed by atoms with Gasteiger partial charge in [0.05, 0.1) is 11.5 Å². The number of esters is 1. The van der Waals surface area contributed by atoms with Gasteiger partial charge in [-0.05, 0) is 6.08 Å². The van der Waals surface area contributed by atoms with Gasteiger partial charge in [-0.3, -0.25) is 9.59 Å². The molecule has 11 heavy (non-hydrogen) atoms. The molecule has 3 nitrogen and oxygen atoms in total. The molecule has 1 atom stereocenters. The predicted octanol–water partition coefficient (Wildman–Crippen LogP) is 1.01. The van der Waals surface area contributed by atoms with E-state index < -0.39 is 12.1 Å². The number of hydrogen-bond acceptors (Lipinski definition) is 3. The van der Waals surface area contributed by atoms with Gasteiger partial charge in [-0.1, -0.05) is 11.6 Å². The minimum atomic E-state index is -0.540. The Labute approximate surface area is 69.0 Å². The molecule has 0 amide bonds. The number of rotatable bonds is 1. The van der Waals surface area contributed by atoms with E-state index in [1.165, 1.54) is 13.0 Å². The minimum Gasteiger partial charge on any atom is -0.456 e. The van der Waals surface area contributed by atoms with Crippen LogP contribution in [0.25, 0.3) is 0 Å². The lowest BCUT2D eigenvalue weighted by Crippen LogP contribution is -2.14.